The minimum absolute atomic E-state index is 0.0294. The topological polar surface area (TPSA) is 56.1 Å². The predicted octanol–water partition coefficient (Wildman–Crippen LogP) is 4.74. The second-order valence-electron chi connectivity index (χ2n) is 7.08. The van der Waals surface area contributed by atoms with Gasteiger partial charge in [-0.3, -0.25) is 4.79 Å². The summed E-state index contributed by atoms with van der Waals surface area (Å²) < 4.78 is 52.9. The fourth-order valence-corrected chi connectivity index (χ4v) is 3.45. The molecule has 8 heteroatoms. The average Bonchev–Trinajstić information content (AvgIpc) is 2.67. The number of carbonyl (C=O) groups excluding carboxylic acids is 1. The molecule has 0 unspecified atom stereocenters. The number of nitriles is 1. The van der Waals surface area contributed by atoms with E-state index in [-0.39, 0.29) is 11.5 Å². The van der Waals surface area contributed by atoms with Crippen molar-refractivity contribution in [2.24, 2.45) is 5.92 Å². The molecule has 3 rings (SSSR count). The number of benzene rings is 2. The van der Waals surface area contributed by atoms with Gasteiger partial charge in [-0.1, -0.05) is 13.0 Å². The molecule has 4 nitrogen and oxygen atoms in total. The molecule has 1 atom stereocenters. The first-order valence-corrected chi connectivity index (χ1v) is 9.14. The zero-order valence-electron chi connectivity index (χ0n) is 15.7. The number of halogens is 4. The Morgan fingerprint density at radius 3 is 2.72 bits per heavy atom. The van der Waals surface area contributed by atoms with Gasteiger partial charge in [-0.25, -0.2) is 4.39 Å². The average molecular weight is 405 g/mol. The van der Waals surface area contributed by atoms with E-state index in [0.717, 1.165) is 36.2 Å². The van der Waals surface area contributed by atoms with Gasteiger partial charge in [-0.2, -0.15) is 18.4 Å². The van der Waals surface area contributed by atoms with E-state index < -0.39 is 29.1 Å². The first-order valence-electron chi connectivity index (χ1n) is 9.14. The minimum atomic E-state index is -4.70. The van der Waals surface area contributed by atoms with Crippen molar-refractivity contribution in [1.82, 2.24) is 0 Å². The number of amides is 1. The summed E-state index contributed by atoms with van der Waals surface area (Å²) in [5, 5.41) is 11.3. The molecule has 152 valence electrons. The fraction of sp³-hybridized carbons (Fsp3) is 0.333. The summed E-state index contributed by atoms with van der Waals surface area (Å²) in [5.74, 6) is -1.36. The molecule has 2 aromatic rings. The smallest absolute Gasteiger partial charge is 0.370 e. The molecule has 1 amide bonds. The second-order valence-corrected chi connectivity index (χ2v) is 7.08. The van der Waals surface area contributed by atoms with Gasteiger partial charge in [0.05, 0.1) is 23.1 Å². The Morgan fingerprint density at radius 1 is 1.28 bits per heavy atom. The Kier molecular flexibility index (Phi) is 5.78. The van der Waals surface area contributed by atoms with E-state index in [9.17, 15) is 22.4 Å². The van der Waals surface area contributed by atoms with E-state index >= 15 is 0 Å². The number of carbonyl (C=O) groups is 1. The summed E-state index contributed by atoms with van der Waals surface area (Å²) in [5.41, 5.74) is 0.125. The highest BCUT2D eigenvalue weighted by Crippen LogP contribution is 2.34. The van der Waals surface area contributed by atoms with Crippen LogP contribution in [0.15, 0.2) is 36.4 Å². The third-order valence-corrected chi connectivity index (χ3v) is 4.92. The van der Waals surface area contributed by atoms with Crippen molar-refractivity contribution in [3.63, 3.8) is 0 Å². The molecular weight excluding hydrogens is 386 g/mol. The largest absolute Gasteiger partial charge is 0.417 e. The number of rotatable bonds is 4. The minimum Gasteiger partial charge on any atom is -0.370 e. The van der Waals surface area contributed by atoms with Crippen LogP contribution in [0, 0.1) is 23.1 Å². The maximum atomic E-state index is 13.6. The lowest BCUT2D eigenvalue weighted by atomic mass is 10.00. The zero-order chi connectivity index (χ0) is 21.2. The predicted molar refractivity (Wildman–Crippen MR) is 101 cm³/mol. The second kappa shape index (κ2) is 8.11. The highest BCUT2D eigenvalue weighted by atomic mass is 19.4. The molecule has 1 aliphatic rings. The van der Waals surface area contributed by atoms with Crippen LogP contribution < -0.4 is 10.2 Å². The van der Waals surface area contributed by atoms with Crippen LogP contribution in [-0.2, 0) is 17.4 Å². The van der Waals surface area contributed by atoms with Gasteiger partial charge in [0, 0.05) is 24.5 Å². The van der Waals surface area contributed by atoms with E-state index in [1.807, 2.05) is 4.90 Å². The fourth-order valence-electron chi connectivity index (χ4n) is 3.45. The monoisotopic (exact) mass is 405 g/mol. The van der Waals surface area contributed by atoms with Crippen LogP contribution in [0.3, 0.4) is 0 Å². The summed E-state index contributed by atoms with van der Waals surface area (Å²) >= 11 is 0. The van der Waals surface area contributed by atoms with Crippen LogP contribution in [0.4, 0.5) is 28.9 Å². The summed E-state index contributed by atoms with van der Waals surface area (Å²) in [4.78, 5) is 14.4. The van der Waals surface area contributed by atoms with Crippen LogP contribution in [0.2, 0.25) is 0 Å². The van der Waals surface area contributed by atoms with E-state index in [0.29, 0.717) is 13.1 Å². The lowest BCUT2D eigenvalue weighted by molar-refractivity contribution is -0.137. The van der Waals surface area contributed by atoms with Gasteiger partial charge >= 0.3 is 6.18 Å². The van der Waals surface area contributed by atoms with E-state index in [1.54, 1.807) is 13.0 Å². The van der Waals surface area contributed by atoms with Crippen molar-refractivity contribution in [3.05, 3.63) is 58.9 Å². The van der Waals surface area contributed by atoms with Gasteiger partial charge < -0.3 is 10.2 Å². The maximum absolute atomic E-state index is 13.6. The van der Waals surface area contributed by atoms with Gasteiger partial charge in [0.2, 0.25) is 5.91 Å². The number of alkyl halides is 3. The van der Waals surface area contributed by atoms with Gasteiger partial charge in [-0.15, -0.1) is 0 Å². The molecule has 1 aliphatic heterocycles. The summed E-state index contributed by atoms with van der Waals surface area (Å²) in [6, 6.07) is 9.14. The third-order valence-electron chi connectivity index (χ3n) is 4.92. The normalized spacial score (nSPS) is 14.7. The highest BCUT2D eigenvalue weighted by molar-refractivity contribution is 5.93. The van der Waals surface area contributed by atoms with E-state index in [4.69, 9.17) is 5.26 Å². The van der Waals surface area contributed by atoms with Gasteiger partial charge in [0.1, 0.15) is 5.82 Å². The van der Waals surface area contributed by atoms with Crippen molar-refractivity contribution < 1.29 is 22.4 Å². The van der Waals surface area contributed by atoms with Gasteiger partial charge in [0.15, 0.2) is 0 Å². The Balaban J connectivity index is 1.73. The van der Waals surface area contributed by atoms with Crippen LogP contribution in [-0.4, -0.2) is 19.0 Å². The lowest BCUT2D eigenvalue weighted by Crippen LogP contribution is -2.37. The maximum Gasteiger partial charge on any atom is 0.417 e. The quantitative estimate of drug-likeness (QED) is 0.748. The van der Waals surface area contributed by atoms with Crippen LogP contribution in [0.1, 0.15) is 30.0 Å². The molecule has 1 heterocycles. The Bertz CT molecular complexity index is 965. The summed E-state index contributed by atoms with van der Waals surface area (Å²) in [6.07, 6.45) is -2.99. The first-order chi connectivity index (χ1) is 13.7. The van der Waals surface area contributed by atoms with Gasteiger partial charge in [0.25, 0.3) is 0 Å². The number of aryl methyl sites for hydroxylation is 1. The molecule has 0 fully saturated rings. The molecule has 0 aliphatic carbocycles. The number of fused-ring (bicyclic) bond motifs is 1. The first kappa shape index (κ1) is 20.6. The SMILES string of the molecule is C[C@H](CN1CCCc2ccc(F)cc21)C(=O)Nc1ccc(C#N)c(C(F)(F)F)c1. The zero-order valence-corrected chi connectivity index (χ0v) is 15.7. The molecule has 0 spiro atoms. The molecule has 0 aromatic heterocycles. The Hall–Kier alpha value is -3.08. The number of anilines is 2. The number of hydrogen-bond acceptors (Lipinski definition) is 3. The van der Waals surface area contributed by atoms with Gasteiger partial charge in [-0.05, 0) is 48.7 Å². The number of hydrogen-bond donors (Lipinski definition) is 1. The standard InChI is InChI=1S/C21H19F4N3O/c1-13(12-28-8-2-3-14-4-6-16(22)9-19(14)28)20(29)27-17-7-5-15(11-26)18(10-17)21(23,24)25/h4-7,9-10,13H,2-3,8,12H2,1H3,(H,27,29)/t13-/m1/s1. The summed E-state index contributed by atoms with van der Waals surface area (Å²) in [6.45, 7) is 2.64. The molecular formula is C21H19F4N3O. The Labute approximate surface area is 165 Å². The van der Waals surface area contributed by atoms with E-state index in [2.05, 4.69) is 5.32 Å². The lowest BCUT2D eigenvalue weighted by Gasteiger charge is -2.33. The molecule has 0 saturated heterocycles. The van der Waals surface area contributed by atoms with Crippen LogP contribution in [0.25, 0.3) is 0 Å². The number of nitrogens with one attached hydrogen (secondary N) is 1. The molecule has 1 N–H and O–H groups in total. The van der Waals surface area contributed by atoms with Crippen molar-refractivity contribution in [3.8, 4) is 6.07 Å². The Morgan fingerprint density at radius 2 is 2.03 bits per heavy atom. The molecule has 29 heavy (non-hydrogen) atoms. The molecule has 0 radical (unpaired) electrons. The molecule has 2 aromatic carbocycles. The summed E-state index contributed by atoms with van der Waals surface area (Å²) in [7, 11) is 0. The van der Waals surface area contributed by atoms with Crippen LogP contribution >= 0.6 is 0 Å². The van der Waals surface area contributed by atoms with E-state index in [1.165, 1.54) is 24.3 Å². The van der Waals surface area contributed by atoms with Crippen molar-refractivity contribution in [1.29, 1.82) is 5.26 Å². The third kappa shape index (κ3) is 4.67. The van der Waals surface area contributed by atoms with Crippen LogP contribution in [0.5, 0.6) is 0 Å². The molecule has 0 saturated carbocycles. The molecule has 0 bridgehead atoms. The van der Waals surface area contributed by atoms with Crippen molar-refractivity contribution >= 4 is 17.3 Å². The van der Waals surface area contributed by atoms with Crippen molar-refractivity contribution in [2.75, 3.05) is 23.3 Å². The number of nitrogens with zero attached hydrogens (tertiary/aromatic N) is 2. The van der Waals surface area contributed by atoms with Crippen molar-refractivity contribution in [2.45, 2.75) is 25.9 Å². The highest BCUT2D eigenvalue weighted by Gasteiger charge is 2.34.